The van der Waals surface area contributed by atoms with Gasteiger partial charge in [0.05, 0.1) is 11.6 Å². The number of hydrogen-bond donors (Lipinski definition) is 3. The summed E-state index contributed by atoms with van der Waals surface area (Å²) in [6.07, 6.45) is -1.25. The third-order valence-electron chi connectivity index (χ3n) is 2.87. The second-order valence-electron chi connectivity index (χ2n) is 4.41. The molecule has 0 amide bonds. The van der Waals surface area contributed by atoms with Crippen LogP contribution in [0.3, 0.4) is 0 Å². The van der Waals surface area contributed by atoms with Crippen LogP contribution in [0.5, 0.6) is 0 Å². The van der Waals surface area contributed by atoms with Gasteiger partial charge in [0.1, 0.15) is 11.6 Å². The smallest absolute Gasteiger partial charge is 0.363 e. The van der Waals surface area contributed by atoms with Crippen LogP contribution >= 0.6 is 0 Å². The average Bonchev–Trinajstić information content (AvgIpc) is 2.46. The molecular formula is C13H14F3N5. The van der Waals surface area contributed by atoms with E-state index >= 15 is 0 Å². The highest BCUT2D eigenvalue weighted by Crippen LogP contribution is 2.32. The predicted octanol–water partition coefficient (Wildman–Crippen LogP) is 2.95. The van der Waals surface area contributed by atoms with Gasteiger partial charge in [0, 0.05) is 12.4 Å². The molecule has 2 heterocycles. The van der Waals surface area contributed by atoms with Crippen LogP contribution in [0.2, 0.25) is 0 Å². The number of halogens is 3. The first kappa shape index (κ1) is 15.0. The van der Waals surface area contributed by atoms with Crippen molar-refractivity contribution in [3.05, 3.63) is 47.8 Å². The monoisotopic (exact) mass is 297 g/mol. The van der Waals surface area contributed by atoms with E-state index < -0.39 is 11.7 Å². The van der Waals surface area contributed by atoms with Crippen molar-refractivity contribution in [2.75, 3.05) is 10.7 Å². The summed E-state index contributed by atoms with van der Waals surface area (Å²) in [6.45, 7) is 1.81. The quantitative estimate of drug-likeness (QED) is 0.597. The minimum absolute atomic E-state index is 0.0609. The number of nitrogens with one attached hydrogen (secondary N) is 2. The first-order chi connectivity index (χ1) is 9.90. The third kappa shape index (κ3) is 3.82. The fourth-order valence-corrected chi connectivity index (χ4v) is 1.80. The number of nitrogen functional groups attached to an aromatic ring is 1. The number of hydrazine groups is 1. The van der Waals surface area contributed by atoms with Crippen molar-refractivity contribution in [3.8, 4) is 0 Å². The molecule has 0 aliphatic carbocycles. The number of anilines is 2. The van der Waals surface area contributed by atoms with Crippen molar-refractivity contribution in [2.45, 2.75) is 19.1 Å². The Kier molecular flexibility index (Phi) is 4.27. The van der Waals surface area contributed by atoms with E-state index in [9.17, 15) is 13.2 Å². The Morgan fingerprint density at radius 2 is 1.76 bits per heavy atom. The molecule has 112 valence electrons. The van der Waals surface area contributed by atoms with E-state index in [0.29, 0.717) is 0 Å². The van der Waals surface area contributed by atoms with Crippen LogP contribution < -0.4 is 16.6 Å². The molecular weight excluding hydrogens is 283 g/mol. The number of pyridine rings is 2. The summed E-state index contributed by atoms with van der Waals surface area (Å²) in [4.78, 5) is 7.86. The molecule has 0 saturated carbocycles. The van der Waals surface area contributed by atoms with Gasteiger partial charge in [-0.15, -0.1) is 0 Å². The molecule has 8 heteroatoms. The fourth-order valence-electron chi connectivity index (χ4n) is 1.80. The molecule has 21 heavy (non-hydrogen) atoms. The lowest BCUT2D eigenvalue weighted by Gasteiger charge is -2.17. The summed E-state index contributed by atoms with van der Waals surface area (Å²) in [5.74, 6) is 5.18. The van der Waals surface area contributed by atoms with Crippen LogP contribution in [-0.2, 0) is 6.18 Å². The van der Waals surface area contributed by atoms with E-state index in [-0.39, 0.29) is 17.7 Å². The summed E-state index contributed by atoms with van der Waals surface area (Å²) in [5, 5.41) is 2.91. The van der Waals surface area contributed by atoms with Crippen molar-refractivity contribution in [1.29, 1.82) is 0 Å². The van der Waals surface area contributed by atoms with Crippen LogP contribution in [0.25, 0.3) is 0 Å². The van der Waals surface area contributed by atoms with Gasteiger partial charge in [0.25, 0.3) is 0 Å². The number of hydrogen-bond acceptors (Lipinski definition) is 5. The molecule has 0 spiro atoms. The highest BCUT2D eigenvalue weighted by molar-refractivity contribution is 5.50. The van der Waals surface area contributed by atoms with Crippen LogP contribution in [0.4, 0.5) is 24.8 Å². The Morgan fingerprint density at radius 1 is 1.14 bits per heavy atom. The van der Waals surface area contributed by atoms with Gasteiger partial charge in [-0.2, -0.15) is 13.2 Å². The molecule has 0 saturated heterocycles. The molecule has 0 aliphatic heterocycles. The van der Waals surface area contributed by atoms with E-state index in [4.69, 9.17) is 5.84 Å². The fraction of sp³-hybridized carbons (Fsp3) is 0.231. The second kappa shape index (κ2) is 5.96. The first-order valence-corrected chi connectivity index (χ1v) is 6.12. The van der Waals surface area contributed by atoms with E-state index in [2.05, 4.69) is 20.7 Å². The normalized spacial score (nSPS) is 12.8. The summed E-state index contributed by atoms with van der Waals surface area (Å²) >= 11 is 0. The molecule has 2 aromatic rings. The topological polar surface area (TPSA) is 75.9 Å². The maximum absolute atomic E-state index is 12.8. The standard InChI is InChI=1S/C13H14F3N5/c1-8(9-2-4-18-5-3-9)19-11-6-10(13(14,15)16)7-12(20-11)21-17/h2-8H,17H2,1H3,(H2,19,20,21). The molecule has 1 atom stereocenters. The number of aromatic nitrogens is 2. The van der Waals surface area contributed by atoms with Crippen molar-refractivity contribution in [2.24, 2.45) is 5.84 Å². The Labute approximate surface area is 119 Å². The Balaban J connectivity index is 2.27. The Hall–Kier alpha value is -2.35. The molecule has 5 nitrogen and oxygen atoms in total. The SMILES string of the molecule is CC(Nc1cc(C(F)(F)F)cc(NN)n1)c1ccncc1. The van der Waals surface area contributed by atoms with E-state index in [0.717, 1.165) is 17.7 Å². The van der Waals surface area contributed by atoms with Crippen molar-refractivity contribution >= 4 is 11.6 Å². The van der Waals surface area contributed by atoms with Crippen molar-refractivity contribution in [1.82, 2.24) is 9.97 Å². The minimum atomic E-state index is -4.47. The first-order valence-electron chi connectivity index (χ1n) is 6.12. The lowest BCUT2D eigenvalue weighted by Crippen LogP contribution is -2.15. The lowest BCUT2D eigenvalue weighted by molar-refractivity contribution is -0.137. The van der Waals surface area contributed by atoms with Gasteiger partial charge in [-0.1, -0.05) is 0 Å². The summed E-state index contributed by atoms with van der Waals surface area (Å²) in [5.41, 5.74) is 2.19. The summed E-state index contributed by atoms with van der Waals surface area (Å²) in [6, 6.07) is 5.11. The zero-order valence-electron chi connectivity index (χ0n) is 11.1. The van der Waals surface area contributed by atoms with Gasteiger partial charge in [0.15, 0.2) is 0 Å². The van der Waals surface area contributed by atoms with E-state index in [1.54, 1.807) is 24.5 Å². The number of alkyl halides is 3. The van der Waals surface area contributed by atoms with Gasteiger partial charge in [-0.05, 0) is 36.8 Å². The molecule has 0 fully saturated rings. The van der Waals surface area contributed by atoms with Crippen molar-refractivity contribution < 1.29 is 13.2 Å². The van der Waals surface area contributed by atoms with Gasteiger partial charge in [0.2, 0.25) is 0 Å². The number of nitrogens with zero attached hydrogens (tertiary/aromatic N) is 2. The highest BCUT2D eigenvalue weighted by Gasteiger charge is 2.31. The second-order valence-corrected chi connectivity index (χ2v) is 4.41. The molecule has 2 aromatic heterocycles. The van der Waals surface area contributed by atoms with Crippen LogP contribution in [-0.4, -0.2) is 9.97 Å². The number of nitrogens with two attached hydrogens (primary N) is 1. The van der Waals surface area contributed by atoms with Crippen LogP contribution in [0.1, 0.15) is 24.1 Å². The molecule has 4 N–H and O–H groups in total. The molecule has 0 aliphatic rings. The van der Waals surface area contributed by atoms with Crippen LogP contribution in [0.15, 0.2) is 36.7 Å². The molecule has 0 aromatic carbocycles. The van der Waals surface area contributed by atoms with Gasteiger partial charge in [-0.3, -0.25) is 4.98 Å². The Morgan fingerprint density at radius 3 is 2.33 bits per heavy atom. The van der Waals surface area contributed by atoms with Gasteiger partial charge in [-0.25, -0.2) is 10.8 Å². The predicted molar refractivity (Wildman–Crippen MR) is 73.3 cm³/mol. The molecule has 0 bridgehead atoms. The van der Waals surface area contributed by atoms with Gasteiger partial charge >= 0.3 is 6.18 Å². The average molecular weight is 297 g/mol. The van der Waals surface area contributed by atoms with E-state index in [1.165, 1.54) is 0 Å². The maximum atomic E-state index is 12.8. The van der Waals surface area contributed by atoms with E-state index in [1.807, 2.05) is 6.92 Å². The van der Waals surface area contributed by atoms with Crippen LogP contribution in [0, 0.1) is 0 Å². The Bertz CT molecular complexity index is 601. The maximum Gasteiger partial charge on any atom is 0.416 e. The number of rotatable bonds is 4. The zero-order chi connectivity index (χ0) is 15.5. The molecule has 1 unspecified atom stereocenters. The van der Waals surface area contributed by atoms with Gasteiger partial charge < -0.3 is 10.7 Å². The van der Waals surface area contributed by atoms with Crippen molar-refractivity contribution in [3.63, 3.8) is 0 Å². The highest BCUT2D eigenvalue weighted by atomic mass is 19.4. The lowest BCUT2D eigenvalue weighted by atomic mass is 10.1. The molecule has 0 radical (unpaired) electrons. The third-order valence-corrected chi connectivity index (χ3v) is 2.87. The minimum Gasteiger partial charge on any atom is -0.363 e. The largest absolute Gasteiger partial charge is 0.416 e. The molecule has 2 rings (SSSR count). The zero-order valence-corrected chi connectivity index (χ0v) is 11.1. The summed E-state index contributed by atoms with van der Waals surface area (Å²) in [7, 11) is 0. The summed E-state index contributed by atoms with van der Waals surface area (Å²) < 4.78 is 38.4.